The number of rotatable bonds is 4. The predicted molar refractivity (Wildman–Crippen MR) is 92.0 cm³/mol. The van der Waals surface area contributed by atoms with Gasteiger partial charge < -0.3 is 14.7 Å². The van der Waals surface area contributed by atoms with Gasteiger partial charge in [0, 0.05) is 18.5 Å². The molecule has 132 valence electrons. The number of aliphatic hydroxyl groups is 1. The van der Waals surface area contributed by atoms with Crippen molar-refractivity contribution in [3.63, 3.8) is 0 Å². The van der Waals surface area contributed by atoms with Gasteiger partial charge in [-0.3, -0.25) is 4.79 Å². The summed E-state index contributed by atoms with van der Waals surface area (Å²) in [5.74, 6) is 0.877. The van der Waals surface area contributed by atoms with Crippen molar-refractivity contribution >= 4 is 5.91 Å². The second kappa shape index (κ2) is 7.51. The van der Waals surface area contributed by atoms with Crippen LogP contribution >= 0.6 is 0 Å². The summed E-state index contributed by atoms with van der Waals surface area (Å²) in [6.45, 7) is 4.69. The van der Waals surface area contributed by atoms with Gasteiger partial charge >= 0.3 is 0 Å². The zero-order valence-corrected chi connectivity index (χ0v) is 14.6. The fourth-order valence-electron chi connectivity index (χ4n) is 4.07. The fraction of sp³-hybridized carbons (Fsp3) is 0.684. The van der Waals surface area contributed by atoms with E-state index in [2.05, 4.69) is 4.98 Å². The Morgan fingerprint density at radius 2 is 2.04 bits per heavy atom. The average molecular weight is 332 g/mol. The van der Waals surface area contributed by atoms with Gasteiger partial charge in [-0.25, -0.2) is 4.98 Å². The van der Waals surface area contributed by atoms with E-state index in [4.69, 9.17) is 4.74 Å². The maximum absolute atomic E-state index is 12.9. The highest BCUT2D eigenvalue weighted by atomic mass is 16.5. The van der Waals surface area contributed by atoms with Crippen molar-refractivity contribution in [2.45, 2.75) is 70.6 Å². The molecule has 0 aromatic carbocycles. The molecule has 1 aromatic rings. The SMILES string of the molecule is CC(C)Oc1ccc(C(=O)N2CCC[C@@H]2[C@@H]2CCCC[C@H]2O)nc1. The fourth-order valence-corrected chi connectivity index (χ4v) is 4.07. The Hall–Kier alpha value is -1.62. The van der Waals surface area contributed by atoms with Crippen molar-refractivity contribution in [1.29, 1.82) is 0 Å². The van der Waals surface area contributed by atoms with Crippen LogP contribution in [0.4, 0.5) is 0 Å². The maximum Gasteiger partial charge on any atom is 0.272 e. The van der Waals surface area contributed by atoms with Gasteiger partial charge in [-0.15, -0.1) is 0 Å². The van der Waals surface area contributed by atoms with E-state index < -0.39 is 0 Å². The third-order valence-electron chi connectivity index (χ3n) is 5.16. The molecule has 1 N–H and O–H groups in total. The molecule has 2 aliphatic rings. The van der Waals surface area contributed by atoms with Crippen LogP contribution in [0.15, 0.2) is 18.3 Å². The number of carbonyl (C=O) groups is 1. The van der Waals surface area contributed by atoms with Crippen LogP contribution in [0.2, 0.25) is 0 Å². The van der Waals surface area contributed by atoms with Gasteiger partial charge in [-0.1, -0.05) is 12.8 Å². The topological polar surface area (TPSA) is 62.7 Å². The molecular weight excluding hydrogens is 304 g/mol. The van der Waals surface area contributed by atoms with Gasteiger partial charge in [0.05, 0.1) is 18.4 Å². The number of ether oxygens (including phenoxy) is 1. The smallest absolute Gasteiger partial charge is 0.272 e. The molecule has 2 fully saturated rings. The van der Waals surface area contributed by atoms with Crippen molar-refractivity contribution in [3.8, 4) is 5.75 Å². The minimum absolute atomic E-state index is 0.0219. The Bertz CT molecular complexity index is 558. The minimum atomic E-state index is -0.271. The van der Waals surface area contributed by atoms with Gasteiger partial charge in [0.25, 0.3) is 5.91 Å². The summed E-state index contributed by atoms with van der Waals surface area (Å²) in [6, 6.07) is 3.70. The molecule has 3 atom stereocenters. The van der Waals surface area contributed by atoms with Gasteiger partial charge in [0.1, 0.15) is 11.4 Å². The van der Waals surface area contributed by atoms with Crippen molar-refractivity contribution in [1.82, 2.24) is 9.88 Å². The highest BCUT2D eigenvalue weighted by Crippen LogP contribution is 2.35. The van der Waals surface area contributed by atoms with Gasteiger partial charge in [0.2, 0.25) is 0 Å². The largest absolute Gasteiger partial charge is 0.489 e. The number of aliphatic hydroxyl groups excluding tert-OH is 1. The zero-order chi connectivity index (χ0) is 17.1. The quantitative estimate of drug-likeness (QED) is 0.920. The highest BCUT2D eigenvalue weighted by molar-refractivity contribution is 5.92. The summed E-state index contributed by atoms with van der Waals surface area (Å²) in [7, 11) is 0. The van der Waals surface area contributed by atoms with E-state index >= 15 is 0 Å². The maximum atomic E-state index is 12.9. The first-order chi connectivity index (χ1) is 11.6. The lowest BCUT2D eigenvalue weighted by molar-refractivity contribution is 0.0209. The number of likely N-dealkylation sites (tertiary alicyclic amines) is 1. The molecule has 0 unspecified atom stereocenters. The lowest BCUT2D eigenvalue weighted by Crippen LogP contribution is -2.45. The van der Waals surface area contributed by atoms with E-state index in [1.165, 1.54) is 0 Å². The molecule has 5 nitrogen and oxygen atoms in total. The first-order valence-corrected chi connectivity index (χ1v) is 9.18. The zero-order valence-electron chi connectivity index (χ0n) is 14.6. The lowest BCUT2D eigenvalue weighted by Gasteiger charge is -2.37. The Balaban J connectivity index is 1.71. The van der Waals surface area contributed by atoms with Crippen LogP contribution in [0.1, 0.15) is 62.9 Å². The molecule has 3 rings (SSSR count). The number of hydrogen-bond acceptors (Lipinski definition) is 4. The van der Waals surface area contributed by atoms with Crippen molar-refractivity contribution in [3.05, 3.63) is 24.0 Å². The van der Waals surface area contributed by atoms with E-state index in [0.29, 0.717) is 11.4 Å². The van der Waals surface area contributed by atoms with E-state index in [1.54, 1.807) is 18.3 Å². The number of pyridine rings is 1. The van der Waals surface area contributed by atoms with Crippen LogP contribution in [0.3, 0.4) is 0 Å². The molecular formula is C19H28N2O3. The van der Waals surface area contributed by atoms with E-state index in [0.717, 1.165) is 45.1 Å². The Labute approximate surface area is 144 Å². The molecule has 2 heterocycles. The second-order valence-corrected chi connectivity index (χ2v) is 7.27. The summed E-state index contributed by atoms with van der Waals surface area (Å²) >= 11 is 0. The molecule has 1 saturated carbocycles. The Kier molecular flexibility index (Phi) is 5.39. The average Bonchev–Trinajstić information content (AvgIpc) is 3.04. The van der Waals surface area contributed by atoms with Crippen LogP contribution in [0, 0.1) is 5.92 Å². The first kappa shape index (κ1) is 17.2. The van der Waals surface area contributed by atoms with E-state index in [9.17, 15) is 9.90 Å². The number of nitrogens with zero attached hydrogens (tertiary/aromatic N) is 2. The monoisotopic (exact) mass is 332 g/mol. The van der Waals surface area contributed by atoms with Crippen molar-refractivity contribution in [2.24, 2.45) is 5.92 Å². The molecule has 1 aliphatic heterocycles. The third kappa shape index (κ3) is 3.72. The highest BCUT2D eigenvalue weighted by Gasteiger charge is 2.39. The summed E-state index contributed by atoms with van der Waals surface area (Å²) < 4.78 is 5.58. The van der Waals surface area contributed by atoms with Crippen LogP contribution < -0.4 is 4.74 Å². The standard InChI is InChI=1S/C19H28N2O3/c1-13(2)24-14-9-10-16(20-12-14)19(23)21-11-5-7-17(21)15-6-3-4-8-18(15)22/h9-10,12-13,15,17-18,22H,3-8,11H2,1-2H3/t15-,17+,18+/m0/s1. The van der Waals surface area contributed by atoms with Crippen LogP contribution in [0.25, 0.3) is 0 Å². The predicted octanol–water partition coefficient (Wildman–Crippen LogP) is 3.02. The number of amides is 1. The third-order valence-corrected chi connectivity index (χ3v) is 5.16. The van der Waals surface area contributed by atoms with Crippen molar-refractivity contribution in [2.75, 3.05) is 6.54 Å². The molecule has 0 bridgehead atoms. The molecule has 24 heavy (non-hydrogen) atoms. The molecule has 0 spiro atoms. The van der Waals surface area contributed by atoms with Crippen molar-refractivity contribution < 1.29 is 14.6 Å². The molecule has 1 saturated heterocycles. The summed E-state index contributed by atoms with van der Waals surface area (Å²) in [6.07, 6.45) is 7.56. The van der Waals surface area contributed by atoms with E-state index in [-0.39, 0.29) is 30.1 Å². The van der Waals surface area contributed by atoms with Gasteiger partial charge in [-0.2, -0.15) is 0 Å². The molecule has 0 radical (unpaired) electrons. The summed E-state index contributed by atoms with van der Waals surface area (Å²) in [5, 5.41) is 10.3. The minimum Gasteiger partial charge on any atom is -0.489 e. The number of carbonyl (C=O) groups excluding carboxylic acids is 1. The molecule has 1 amide bonds. The number of aromatic nitrogens is 1. The first-order valence-electron chi connectivity index (χ1n) is 9.18. The van der Waals surface area contributed by atoms with Crippen LogP contribution in [-0.4, -0.2) is 45.7 Å². The summed E-state index contributed by atoms with van der Waals surface area (Å²) in [5.41, 5.74) is 0.461. The van der Waals surface area contributed by atoms with Gasteiger partial charge in [-0.05, 0) is 51.7 Å². The Morgan fingerprint density at radius 1 is 1.25 bits per heavy atom. The summed E-state index contributed by atoms with van der Waals surface area (Å²) in [4.78, 5) is 19.1. The Morgan fingerprint density at radius 3 is 2.71 bits per heavy atom. The van der Waals surface area contributed by atoms with Crippen LogP contribution in [0.5, 0.6) is 5.75 Å². The molecule has 1 aromatic heterocycles. The number of hydrogen-bond donors (Lipinski definition) is 1. The van der Waals surface area contributed by atoms with Crippen LogP contribution in [-0.2, 0) is 0 Å². The second-order valence-electron chi connectivity index (χ2n) is 7.27. The lowest BCUT2D eigenvalue weighted by atomic mass is 9.80. The van der Waals surface area contributed by atoms with E-state index in [1.807, 2.05) is 18.7 Å². The normalized spacial score (nSPS) is 27.5. The van der Waals surface area contributed by atoms with Gasteiger partial charge in [0.15, 0.2) is 0 Å². The molecule has 5 heteroatoms. The molecule has 1 aliphatic carbocycles.